The van der Waals surface area contributed by atoms with Crippen molar-refractivity contribution in [2.75, 3.05) is 5.32 Å². The molecule has 1 amide bonds. The van der Waals surface area contributed by atoms with E-state index >= 15 is 0 Å². The molecule has 1 heterocycles. The van der Waals surface area contributed by atoms with Crippen LogP contribution in [0, 0.1) is 5.82 Å². The summed E-state index contributed by atoms with van der Waals surface area (Å²) in [6.07, 6.45) is -4.82. The molecular weight excluding hydrogens is 344 g/mol. The summed E-state index contributed by atoms with van der Waals surface area (Å²) in [4.78, 5) is 23.4. The molecule has 11 heteroatoms. The van der Waals surface area contributed by atoms with Gasteiger partial charge in [-0.25, -0.2) is 13.9 Å². The molecule has 0 unspecified atom stereocenters. The molecule has 0 aliphatic carbocycles. The molecule has 124 valence electrons. The Morgan fingerprint density at radius 2 is 2.04 bits per heavy atom. The van der Waals surface area contributed by atoms with Crippen molar-refractivity contribution < 1.29 is 22.4 Å². The molecule has 0 bridgehead atoms. The third kappa shape index (κ3) is 3.70. The highest BCUT2D eigenvalue weighted by molar-refractivity contribution is 6.31. The number of halogens is 5. The Hall–Kier alpha value is -2.36. The highest BCUT2D eigenvalue weighted by Crippen LogP contribution is 2.26. The second kappa shape index (κ2) is 6.03. The Morgan fingerprint density at radius 1 is 1.39 bits per heavy atom. The molecule has 2 rings (SSSR count). The van der Waals surface area contributed by atoms with Gasteiger partial charge in [0.2, 0.25) is 11.7 Å². The van der Waals surface area contributed by atoms with Crippen molar-refractivity contribution in [1.29, 1.82) is 0 Å². The van der Waals surface area contributed by atoms with Crippen molar-refractivity contribution in [3.63, 3.8) is 0 Å². The van der Waals surface area contributed by atoms with Crippen molar-refractivity contribution in [3.05, 3.63) is 45.3 Å². The normalized spacial score (nSPS) is 11.6. The van der Waals surface area contributed by atoms with E-state index in [2.05, 4.69) is 10.4 Å². The lowest BCUT2D eigenvalue weighted by Crippen LogP contribution is -2.29. The molecule has 0 aliphatic heterocycles. The number of carbonyl (C=O) groups excluding carboxylic acids is 1. The minimum Gasteiger partial charge on any atom is -0.324 e. The zero-order valence-electron chi connectivity index (χ0n) is 11.5. The van der Waals surface area contributed by atoms with Gasteiger partial charge in [-0.3, -0.25) is 9.36 Å². The number of anilines is 1. The van der Waals surface area contributed by atoms with Crippen LogP contribution in [-0.2, 0) is 24.6 Å². The van der Waals surface area contributed by atoms with Gasteiger partial charge in [0.1, 0.15) is 12.4 Å². The first-order valence-electron chi connectivity index (χ1n) is 6.05. The van der Waals surface area contributed by atoms with Gasteiger partial charge in [0.15, 0.2) is 0 Å². The van der Waals surface area contributed by atoms with Gasteiger partial charge in [0, 0.05) is 12.7 Å². The van der Waals surface area contributed by atoms with Gasteiger partial charge in [-0.05, 0) is 18.2 Å². The summed E-state index contributed by atoms with van der Waals surface area (Å²) in [5, 5.41) is 5.12. The smallest absolute Gasteiger partial charge is 0.324 e. The Morgan fingerprint density at radius 3 is 2.57 bits per heavy atom. The van der Waals surface area contributed by atoms with Crippen LogP contribution in [0.2, 0.25) is 5.02 Å². The standard InChI is InChI=1S/C12H9ClF4N4O2/c1-20-10(12(15,16)17)19-21(11(20)23)5-9(22)18-6-2-3-8(14)7(13)4-6/h2-4H,5H2,1H3,(H,18,22). The highest BCUT2D eigenvalue weighted by atomic mass is 35.5. The van der Waals surface area contributed by atoms with Crippen LogP contribution in [0.25, 0.3) is 0 Å². The topological polar surface area (TPSA) is 68.9 Å². The molecule has 0 radical (unpaired) electrons. The van der Waals surface area contributed by atoms with Crippen molar-refractivity contribution in [3.8, 4) is 0 Å². The molecular formula is C12H9ClF4N4O2. The first kappa shape index (κ1) is 17.0. The Bertz CT molecular complexity index is 812. The molecule has 0 atom stereocenters. The summed E-state index contributed by atoms with van der Waals surface area (Å²) in [5.41, 5.74) is -0.967. The zero-order valence-corrected chi connectivity index (χ0v) is 12.2. The number of hydrogen-bond donors (Lipinski definition) is 1. The summed E-state index contributed by atoms with van der Waals surface area (Å²) in [6, 6.07) is 3.34. The summed E-state index contributed by atoms with van der Waals surface area (Å²) in [5.74, 6) is -2.93. The van der Waals surface area contributed by atoms with Gasteiger partial charge in [0.05, 0.1) is 5.02 Å². The van der Waals surface area contributed by atoms with E-state index in [9.17, 15) is 27.2 Å². The lowest BCUT2D eigenvalue weighted by molar-refractivity contribution is -0.147. The van der Waals surface area contributed by atoms with Gasteiger partial charge in [-0.1, -0.05) is 11.6 Å². The summed E-state index contributed by atoms with van der Waals surface area (Å²) >= 11 is 5.53. The number of aromatic nitrogens is 3. The van der Waals surface area contributed by atoms with Gasteiger partial charge in [-0.2, -0.15) is 13.2 Å². The van der Waals surface area contributed by atoms with E-state index < -0.39 is 36.0 Å². The molecule has 1 aromatic carbocycles. The van der Waals surface area contributed by atoms with E-state index in [1.807, 2.05) is 0 Å². The Balaban J connectivity index is 2.18. The van der Waals surface area contributed by atoms with Gasteiger partial charge >= 0.3 is 11.9 Å². The lowest BCUT2D eigenvalue weighted by Gasteiger charge is -2.05. The van der Waals surface area contributed by atoms with Crippen LogP contribution in [0.5, 0.6) is 0 Å². The number of carbonyl (C=O) groups is 1. The van der Waals surface area contributed by atoms with Crippen molar-refractivity contribution in [1.82, 2.24) is 14.3 Å². The third-order valence-electron chi connectivity index (χ3n) is 2.79. The van der Waals surface area contributed by atoms with Crippen LogP contribution < -0.4 is 11.0 Å². The maximum absolute atomic E-state index is 13.0. The summed E-state index contributed by atoms with van der Waals surface area (Å²) < 4.78 is 51.5. The Labute approximate surface area is 131 Å². The van der Waals surface area contributed by atoms with Crippen LogP contribution >= 0.6 is 11.6 Å². The van der Waals surface area contributed by atoms with E-state index in [0.29, 0.717) is 9.25 Å². The average molecular weight is 353 g/mol. The molecule has 2 aromatic rings. The van der Waals surface area contributed by atoms with E-state index in [4.69, 9.17) is 11.6 Å². The molecule has 6 nitrogen and oxygen atoms in total. The number of hydrogen-bond acceptors (Lipinski definition) is 3. The fourth-order valence-corrected chi connectivity index (χ4v) is 1.93. The van der Waals surface area contributed by atoms with Crippen LogP contribution in [-0.4, -0.2) is 20.3 Å². The average Bonchev–Trinajstić information content (AvgIpc) is 2.71. The molecule has 0 fully saturated rings. The number of nitrogens with one attached hydrogen (secondary N) is 1. The number of benzene rings is 1. The van der Waals surface area contributed by atoms with E-state index in [-0.39, 0.29) is 10.7 Å². The molecule has 0 saturated carbocycles. The molecule has 1 aromatic heterocycles. The van der Waals surface area contributed by atoms with E-state index in [0.717, 1.165) is 19.2 Å². The SMILES string of the molecule is Cn1c(C(F)(F)F)nn(CC(=O)Nc2ccc(F)c(Cl)c2)c1=O. The van der Waals surface area contributed by atoms with Crippen molar-refractivity contribution in [2.24, 2.45) is 7.05 Å². The molecule has 0 aliphatic rings. The maximum Gasteiger partial charge on any atom is 0.451 e. The largest absolute Gasteiger partial charge is 0.451 e. The molecule has 0 saturated heterocycles. The molecule has 1 N–H and O–H groups in total. The third-order valence-corrected chi connectivity index (χ3v) is 3.08. The molecule has 0 spiro atoms. The highest BCUT2D eigenvalue weighted by Gasteiger charge is 2.38. The van der Waals surface area contributed by atoms with Gasteiger partial charge in [0.25, 0.3) is 0 Å². The molecule has 23 heavy (non-hydrogen) atoms. The van der Waals surface area contributed by atoms with Crippen molar-refractivity contribution in [2.45, 2.75) is 12.7 Å². The van der Waals surface area contributed by atoms with Crippen LogP contribution in [0.15, 0.2) is 23.0 Å². The lowest BCUT2D eigenvalue weighted by atomic mass is 10.3. The van der Waals surface area contributed by atoms with Crippen molar-refractivity contribution >= 4 is 23.2 Å². The number of amides is 1. The quantitative estimate of drug-likeness (QED) is 0.859. The predicted molar refractivity (Wildman–Crippen MR) is 72.5 cm³/mol. The fraction of sp³-hybridized carbons (Fsp3) is 0.250. The Kier molecular flexibility index (Phi) is 4.46. The second-order valence-electron chi connectivity index (χ2n) is 4.50. The van der Waals surface area contributed by atoms with Crippen LogP contribution in [0.4, 0.5) is 23.2 Å². The number of nitrogens with zero attached hydrogens (tertiary/aromatic N) is 3. The predicted octanol–water partition coefficient (Wildman–Crippen LogP) is 2.03. The van der Waals surface area contributed by atoms with Crippen LogP contribution in [0.3, 0.4) is 0 Å². The first-order valence-corrected chi connectivity index (χ1v) is 6.43. The minimum absolute atomic E-state index is 0.126. The maximum atomic E-state index is 13.0. The van der Waals surface area contributed by atoms with Crippen LogP contribution in [0.1, 0.15) is 5.82 Å². The minimum atomic E-state index is -4.82. The van der Waals surface area contributed by atoms with Gasteiger partial charge < -0.3 is 5.32 Å². The first-order chi connectivity index (χ1) is 10.6. The number of rotatable bonds is 3. The van der Waals surface area contributed by atoms with E-state index in [1.165, 1.54) is 6.07 Å². The number of alkyl halides is 3. The zero-order chi connectivity index (χ0) is 17.4. The summed E-state index contributed by atoms with van der Waals surface area (Å²) in [7, 11) is 0.895. The van der Waals surface area contributed by atoms with Gasteiger partial charge in [-0.15, -0.1) is 5.10 Å². The van der Waals surface area contributed by atoms with E-state index in [1.54, 1.807) is 0 Å². The second-order valence-corrected chi connectivity index (χ2v) is 4.90. The monoisotopic (exact) mass is 352 g/mol. The summed E-state index contributed by atoms with van der Waals surface area (Å²) in [6.45, 7) is -0.738. The fourth-order valence-electron chi connectivity index (χ4n) is 1.75.